The number of para-hydroxylation sites is 1. The summed E-state index contributed by atoms with van der Waals surface area (Å²) in [5.74, 6) is 0.546. The lowest BCUT2D eigenvalue weighted by Crippen LogP contribution is -2.15. The molecule has 6 heteroatoms. The molecule has 4 aromatic rings. The van der Waals surface area contributed by atoms with Crippen LogP contribution in [0.25, 0.3) is 21.5 Å². The van der Waals surface area contributed by atoms with Gasteiger partial charge in [-0.3, -0.25) is 9.78 Å². The second-order valence-electron chi connectivity index (χ2n) is 5.71. The minimum atomic E-state index is -0.137. The summed E-state index contributed by atoms with van der Waals surface area (Å²) < 4.78 is 5.32. The zero-order valence-electron chi connectivity index (χ0n) is 13.5. The van der Waals surface area contributed by atoms with Crippen LogP contribution in [-0.4, -0.2) is 16.0 Å². The summed E-state index contributed by atoms with van der Waals surface area (Å²) in [6.07, 6.45) is 0.157. The molecule has 3 heterocycles. The Balaban J connectivity index is 1.53. The molecular weight excluding hydrogens is 334 g/mol. The third kappa shape index (κ3) is 3.29. The number of carbonyl (C=O) groups is 1. The fourth-order valence-electron chi connectivity index (χ4n) is 2.70. The summed E-state index contributed by atoms with van der Waals surface area (Å²) in [6, 6.07) is 15.3. The molecule has 1 aromatic carbocycles. The van der Waals surface area contributed by atoms with Crippen molar-refractivity contribution in [2.45, 2.75) is 13.3 Å². The number of amides is 1. The lowest BCUT2D eigenvalue weighted by molar-refractivity contribution is -0.115. The fourth-order valence-corrected chi connectivity index (χ4v) is 3.37. The maximum absolute atomic E-state index is 12.4. The first-order valence-corrected chi connectivity index (χ1v) is 8.73. The van der Waals surface area contributed by atoms with Gasteiger partial charge in [0.2, 0.25) is 5.91 Å². The molecular formula is C19H15N3O2S. The molecule has 0 atom stereocenters. The average Bonchev–Trinajstić information content (AvgIpc) is 3.25. The maximum Gasteiger partial charge on any atom is 0.230 e. The van der Waals surface area contributed by atoms with Gasteiger partial charge in [0, 0.05) is 17.1 Å². The van der Waals surface area contributed by atoms with Crippen molar-refractivity contribution >= 4 is 33.8 Å². The van der Waals surface area contributed by atoms with Gasteiger partial charge in [0.1, 0.15) is 0 Å². The number of nitrogens with one attached hydrogen (secondary N) is 1. The van der Waals surface area contributed by atoms with E-state index in [1.165, 1.54) is 0 Å². The summed E-state index contributed by atoms with van der Waals surface area (Å²) in [7, 11) is 0. The molecule has 0 aliphatic rings. The Labute approximate surface area is 148 Å². The molecule has 0 unspecified atom stereocenters. The van der Waals surface area contributed by atoms with E-state index in [2.05, 4.69) is 15.5 Å². The van der Waals surface area contributed by atoms with Gasteiger partial charge < -0.3 is 9.84 Å². The highest BCUT2D eigenvalue weighted by Gasteiger charge is 2.13. The fraction of sp³-hybridized carbons (Fsp3) is 0.105. The van der Waals surface area contributed by atoms with E-state index in [9.17, 15) is 4.79 Å². The van der Waals surface area contributed by atoms with E-state index in [4.69, 9.17) is 4.52 Å². The van der Waals surface area contributed by atoms with Crippen LogP contribution in [0.3, 0.4) is 0 Å². The molecule has 0 fully saturated rings. The molecule has 1 amide bonds. The Morgan fingerprint density at radius 1 is 1.20 bits per heavy atom. The van der Waals surface area contributed by atoms with Gasteiger partial charge in [-0.2, -0.15) is 0 Å². The molecule has 0 saturated carbocycles. The van der Waals surface area contributed by atoms with Crippen LogP contribution in [0.1, 0.15) is 11.4 Å². The van der Waals surface area contributed by atoms with Gasteiger partial charge in [-0.25, -0.2) is 0 Å². The van der Waals surface area contributed by atoms with Gasteiger partial charge in [0.15, 0.2) is 5.76 Å². The Kier molecular flexibility index (Phi) is 4.03. The summed E-state index contributed by atoms with van der Waals surface area (Å²) in [6.45, 7) is 1.91. The number of aromatic nitrogens is 2. The number of carbonyl (C=O) groups excluding carboxylic acids is 1. The smallest absolute Gasteiger partial charge is 0.230 e. The first-order chi connectivity index (χ1) is 12.2. The van der Waals surface area contributed by atoms with Crippen LogP contribution in [0.5, 0.6) is 0 Å². The molecule has 4 rings (SSSR count). The molecule has 5 nitrogen and oxygen atoms in total. The van der Waals surface area contributed by atoms with E-state index >= 15 is 0 Å². The number of pyridine rings is 1. The molecule has 3 aromatic heterocycles. The number of anilines is 1. The normalized spacial score (nSPS) is 10.9. The Bertz CT molecular complexity index is 1040. The Morgan fingerprint density at radius 3 is 2.92 bits per heavy atom. The summed E-state index contributed by atoms with van der Waals surface area (Å²) >= 11 is 1.57. The first-order valence-electron chi connectivity index (χ1n) is 7.85. The SMILES string of the molecule is Cc1cc(NC(=O)Cc2cc(-c3cccs3)on2)c2ccccc2n1. The minimum Gasteiger partial charge on any atom is -0.355 e. The van der Waals surface area contributed by atoms with Crippen molar-refractivity contribution in [3.05, 3.63) is 65.3 Å². The number of fused-ring (bicyclic) bond motifs is 1. The average molecular weight is 349 g/mol. The lowest BCUT2D eigenvalue weighted by Gasteiger charge is -2.09. The highest BCUT2D eigenvalue weighted by molar-refractivity contribution is 7.13. The van der Waals surface area contributed by atoms with Crippen LogP contribution in [0.2, 0.25) is 0 Å². The van der Waals surface area contributed by atoms with Crippen LogP contribution in [0, 0.1) is 6.92 Å². The number of aryl methyl sites for hydroxylation is 1. The Hall–Kier alpha value is -2.99. The van der Waals surface area contributed by atoms with Crippen molar-refractivity contribution in [3.63, 3.8) is 0 Å². The molecule has 0 saturated heterocycles. The van der Waals surface area contributed by atoms with E-state index in [1.807, 2.05) is 54.8 Å². The van der Waals surface area contributed by atoms with E-state index in [0.29, 0.717) is 11.5 Å². The van der Waals surface area contributed by atoms with Gasteiger partial charge in [0.05, 0.1) is 28.2 Å². The van der Waals surface area contributed by atoms with Crippen molar-refractivity contribution in [2.24, 2.45) is 0 Å². The van der Waals surface area contributed by atoms with Gasteiger partial charge in [-0.1, -0.05) is 29.4 Å². The van der Waals surface area contributed by atoms with Crippen LogP contribution in [-0.2, 0) is 11.2 Å². The number of hydrogen-bond donors (Lipinski definition) is 1. The number of rotatable bonds is 4. The molecule has 0 aliphatic carbocycles. The highest BCUT2D eigenvalue weighted by atomic mass is 32.1. The van der Waals surface area contributed by atoms with E-state index < -0.39 is 0 Å². The predicted octanol–water partition coefficient (Wildman–Crippen LogP) is 4.44. The van der Waals surface area contributed by atoms with Gasteiger partial charge in [-0.15, -0.1) is 11.3 Å². The lowest BCUT2D eigenvalue weighted by atomic mass is 10.1. The number of nitrogens with zero attached hydrogens (tertiary/aromatic N) is 2. The van der Waals surface area contributed by atoms with E-state index in [-0.39, 0.29) is 12.3 Å². The predicted molar refractivity (Wildman–Crippen MR) is 98.6 cm³/mol. The quantitative estimate of drug-likeness (QED) is 0.591. The van der Waals surface area contributed by atoms with Crippen molar-refractivity contribution in [2.75, 3.05) is 5.32 Å². The van der Waals surface area contributed by atoms with Gasteiger partial charge in [-0.05, 0) is 30.5 Å². The van der Waals surface area contributed by atoms with Gasteiger partial charge >= 0.3 is 0 Å². The second kappa shape index (κ2) is 6.49. The van der Waals surface area contributed by atoms with Crippen molar-refractivity contribution in [1.29, 1.82) is 0 Å². The van der Waals surface area contributed by atoms with Crippen LogP contribution >= 0.6 is 11.3 Å². The van der Waals surface area contributed by atoms with Gasteiger partial charge in [0.25, 0.3) is 0 Å². The molecule has 0 aliphatic heterocycles. The number of hydrogen-bond acceptors (Lipinski definition) is 5. The molecule has 124 valence electrons. The third-order valence-corrected chi connectivity index (χ3v) is 4.67. The Morgan fingerprint density at radius 2 is 2.08 bits per heavy atom. The second-order valence-corrected chi connectivity index (χ2v) is 6.66. The van der Waals surface area contributed by atoms with Crippen LogP contribution in [0.15, 0.2) is 58.4 Å². The zero-order valence-corrected chi connectivity index (χ0v) is 14.3. The van der Waals surface area contributed by atoms with Crippen molar-refractivity contribution in [3.8, 4) is 10.6 Å². The molecule has 0 bridgehead atoms. The highest BCUT2D eigenvalue weighted by Crippen LogP contribution is 2.26. The summed E-state index contributed by atoms with van der Waals surface area (Å²) in [4.78, 5) is 17.9. The topological polar surface area (TPSA) is 68.0 Å². The molecule has 1 N–H and O–H groups in total. The largest absolute Gasteiger partial charge is 0.355 e. The zero-order chi connectivity index (χ0) is 17.2. The van der Waals surface area contributed by atoms with E-state index in [1.54, 1.807) is 17.4 Å². The molecule has 0 spiro atoms. The van der Waals surface area contributed by atoms with E-state index in [0.717, 1.165) is 27.2 Å². The van der Waals surface area contributed by atoms with Crippen LogP contribution in [0.4, 0.5) is 5.69 Å². The molecule has 25 heavy (non-hydrogen) atoms. The van der Waals surface area contributed by atoms with Crippen molar-refractivity contribution in [1.82, 2.24) is 10.1 Å². The summed E-state index contributed by atoms with van der Waals surface area (Å²) in [5.41, 5.74) is 3.08. The third-order valence-electron chi connectivity index (χ3n) is 3.78. The number of thiophene rings is 1. The first kappa shape index (κ1) is 15.5. The van der Waals surface area contributed by atoms with Crippen molar-refractivity contribution < 1.29 is 9.32 Å². The maximum atomic E-state index is 12.4. The summed E-state index contributed by atoms with van der Waals surface area (Å²) in [5, 5.41) is 9.84. The minimum absolute atomic E-state index is 0.137. The van der Waals surface area contributed by atoms with Crippen LogP contribution < -0.4 is 5.32 Å². The monoisotopic (exact) mass is 349 g/mol. The number of benzene rings is 1. The molecule has 0 radical (unpaired) electrons. The standard InChI is InChI=1S/C19H15N3O2S/c1-12-9-16(14-5-2-3-6-15(14)20-12)21-19(23)11-13-10-17(24-22-13)18-7-4-8-25-18/h2-10H,11H2,1H3,(H,20,21,23).